The second kappa shape index (κ2) is 4.00. The Bertz CT molecular complexity index is 422. The van der Waals surface area contributed by atoms with Gasteiger partial charge in [-0.1, -0.05) is 6.07 Å². The molecule has 0 radical (unpaired) electrons. The van der Waals surface area contributed by atoms with E-state index in [9.17, 15) is 0 Å². The molecule has 15 heavy (non-hydrogen) atoms. The van der Waals surface area contributed by atoms with Crippen LogP contribution >= 0.6 is 0 Å². The van der Waals surface area contributed by atoms with Crippen molar-refractivity contribution in [2.75, 3.05) is 17.7 Å². The van der Waals surface area contributed by atoms with Crippen LogP contribution < -0.4 is 10.6 Å². The number of nitrogens with zero attached hydrogens (tertiary/aromatic N) is 2. The molecule has 1 aromatic carbocycles. The van der Waals surface area contributed by atoms with E-state index in [4.69, 9.17) is 5.73 Å². The maximum Gasteiger partial charge on any atom is 0.132 e. The van der Waals surface area contributed by atoms with Crippen LogP contribution in [0.15, 0.2) is 48.7 Å². The van der Waals surface area contributed by atoms with E-state index in [0.29, 0.717) is 0 Å². The van der Waals surface area contributed by atoms with Gasteiger partial charge in [0, 0.05) is 24.6 Å². The maximum absolute atomic E-state index is 5.63. The molecule has 0 saturated heterocycles. The van der Waals surface area contributed by atoms with Gasteiger partial charge in [-0.05, 0) is 36.4 Å². The Morgan fingerprint density at radius 3 is 2.40 bits per heavy atom. The Hall–Kier alpha value is -2.03. The molecule has 2 aromatic rings. The predicted molar refractivity (Wildman–Crippen MR) is 63.2 cm³/mol. The normalized spacial score (nSPS) is 9.93. The third-order valence-electron chi connectivity index (χ3n) is 2.27. The molecule has 0 unspecified atom stereocenters. The summed E-state index contributed by atoms with van der Waals surface area (Å²) in [6.07, 6.45) is 1.78. The highest BCUT2D eigenvalue weighted by molar-refractivity contribution is 5.61. The lowest BCUT2D eigenvalue weighted by Crippen LogP contribution is -2.10. The summed E-state index contributed by atoms with van der Waals surface area (Å²) < 4.78 is 0. The summed E-state index contributed by atoms with van der Waals surface area (Å²) in [6, 6.07) is 13.6. The van der Waals surface area contributed by atoms with Crippen LogP contribution in [0.2, 0.25) is 0 Å². The van der Waals surface area contributed by atoms with Crippen LogP contribution in [0.1, 0.15) is 0 Å². The van der Waals surface area contributed by atoms with Crippen LogP contribution in [0.4, 0.5) is 17.2 Å². The third-order valence-corrected chi connectivity index (χ3v) is 2.27. The average Bonchev–Trinajstić information content (AvgIpc) is 2.30. The van der Waals surface area contributed by atoms with Crippen molar-refractivity contribution in [2.45, 2.75) is 0 Å². The standard InChI is InChI=1S/C12H13N3/c1-15(12-4-2-3-9-14-12)11-7-5-10(13)6-8-11/h2-9H,13H2,1H3. The van der Waals surface area contributed by atoms with Crippen molar-refractivity contribution in [3.63, 3.8) is 0 Å². The van der Waals surface area contributed by atoms with E-state index in [-0.39, 0.29) is 0 Å². The van der Waals surface area contributed by atoms with Gasteiger partial charge in [-0.25, -0.2) is 4.98 Å². The monoisotopic (exact) mass is 199 g/mol. The molecule has 3 nitrogen and oxygen atoms in total. The Morgan fingerprint density at radius 1 is 1.07 bits per heavy atom. The molecular weight excluding hydrogens is 186 g/mol. The number of nitrogens with two attached hydrogens (primary N) is 1. The highest BCUT2D eigenvalue weighted by Crippen LogP contribution is 2.21. The van der Waals surface area contributed by atoms with E-state index in [2.05, 4.69) is 4.98 Å². The van der Waals surface area contributed by atoms with Crippen molar-refractivity contribution in [2.24, 2.45) is 0 Å². The molecule has 0 saturated carbocycles. The first kappa shape index (κ1) is 9.52. The fraction of sp³-hybridized carbons (Fsp3) is 0.0833. The molecule has 0 bridgehead atoms. The minimum atomic E-state index is 0.771. The van der Waals surface area contributed by atoms with Crippen LogP contribution in [0.5, 0.6) is 0 Å². The molecule has 1 heterocycles. The Kier molecular flexibility index (Phi) is 2.54. The van der Waals surface area contributed by atoms with Crippen molar-refractivity contribution in [1.82, 2.24) is 4.98 Å². The van der Waals surface area contributed by atoms with Crippen molar-refractivity contribution in [1.29, 1.82) is 0 Å². The molecule has 0 spiro atoms. The van der Waals surface area contributed by atoms with Crippen LogP contribution in [0, 0.1) is 0 Å². The molecule has 0 aliphatic carbocycles. The zero-order chi connectivity index (χ0) is 10.7. The summed E-state index contributed by atoms with van der Waals surface area (Å²) in [5.74, 6) is 0.919. The van der Waals surface area contributed by atoms with Crippen LogP contribution in [-0.4, -0.2) is 12.0 Å². The Morgan fingerprint density at radius 2 is 1.80 bits per heavy atom. The van der Waals surface area contributed by atoms with Crippen molar-refractivity contribution in [3.8, 4) is 0 Å². The molecule has 0 aliphatic rings. The summed E-state index contributed by atoms with van der Waals surface area (Å²) in [5, 5.41) is 0. The van der Waals surface area contributed by atoms with Gasteiger partial charge in [-0.2, -0.15) is 0 Å². The zero-order valence-corrected chi connectivity index (χ0v) is 8.59. The second-order valence-corrected chi connectivity index (χ2v) is 3.34. The van der Waals surface area contributed by atoms with Gasteiger partial charge < -0.3 is 10.6 Å². The van der Waals surface area contributed by atoms with Crippen LogP contribution in [0.25, 0.3) is 0 Å². The van der Waals surface area contributed by atoms with Gasteiger partial charge >= 0.3 is 0 Å². The first-order chi connectivity index (χ1) is 7.27. The number of rotatable bonds is 2. The number of anilines is 3. The molecule has 0 aliphatic heterocycles. The number of aromatic nitrogens is 1. The number of hydrogen-bond acceptors (Lipinski definition) is 3. The summed E-state index contributed by atoms with van der Waals surface area (Å²) in [6.45, 7) is 0. The number of pyridine rings is 1. The molecule has 0 amide bonds. The van der Waals surface area contributed by atoms with E-state index < -0.39 is 0 Å². The molecule has 2 rings (SSSR count). The average molecular weight is 199 g/mol. The van der Waals surface area contributed by atoms with E-state index in [1.54, 1.807) is 6.20 Å². The summed E-state index contributed by atoms with van der Waals surface area (Å²) in [5.41, 5.74) is 7.47. The van der Waals surface area contributed by atoms with Crippen LogP contribution in [0.3, 0.4) is 0 Å². The van der Waals surface area contributed by atoms with E-state index >= 15 is 0 Å². The zero-order valence-electron chi connectivity index (χ0n) is 8.59. The second-order valence-electron chi connectivity index (χ2n) is 3.34. The molecular formula is C12H13N3. The van der Waals surface area contributed by atoms with Gasteiger partial charge in [-0.3, -0.25) is 0 Å². The fourth-order valence-corrected chi connectivity index (χ4v) is 1.38. The Balaban J connectivity index is 2.29. The number of benzene rings is 1. The molecule has 2 N–H and O–H groups in total. The smallest absolute Gasteiger partial charge is 0.132 e. The van der Waals surface area contributed by atoms with E-state index in [0.717, 1.165) is 17.2 Å². The first-order valence-corrected chi connectivity index (χ1v) is 4.77. The van der Waals surface area contributed by atoms with Gasteiger partial charge in [-0.15, -0.1) is 0 Å². The predicted octanol–water partition coefficient (Wildman–Crippen LogP) is 2.43. The first-order valence-electron chi connectivity index (χ1n) is 4.77. The number of nitrogen functional groups attached to an aromatic ring is 1. The van der Waals surface area contributed by atoms with Gasteiger partial charge in [0.05, 0.1) is 0 Å². The molecule has 0 atom stereocenters. The van der Waals surface area contributed by atoms with E-state index in [1.165, 1.54) is 0 Å². The Labute approximate surface area is 89.2 Å². The van der Waals surface area contributed by atoms with Crippen molar-refractivity contribution in [3.05, 3.63) is 48.7 Å². The lowest BCUT2D eigenvalue weighted by molar-refractivity contribution is 1.13. The third kappa shape index (κ3) is 2.07. The highest BCUT2D eigenvalue weighted by atomic mass is 15.2. The molecule has 1 aromatic heterocycles. The number of hydrogen-bond donors (Lipinski definition) is 1. The lowest BCUT2D eigenvalue weighted by atomic mass is 10.2. The van der Waals surface area contributed by atoms with Crippen LogP contribution in [-0.2, 0) is 0 Å². The minimum absolute atomic E-state index is 0.771. The topological polar surface area (TPSA) is 42.1 Å². The summed E-state index contributed by atoms with van der Waals surface area (Å²) in [4.78, 5) is 6.29. The van der Waals surface area contributed by atoms with E-state index in [1.807, 2.05) is 54.4 Å². The summed E-state index contributed by atoms with van der Waals surface area (Å²) in [7, 11) is 1.98. The quantitative estimate of drug-likeness (QED) is 0.755. The molecule has 76 valence electrons. The summed E-state index contributed by atoms with van der Waals surface area (Å²) >= 11 is 0. The molecule has 3 heteroatoms. The lowest BCUT2D eigenvalue weighted by Gasteiger charge is -2.17. The molecule has 0 fully saturated rings. The minimum Gasteiger partial charge on any atom is -0.399 e. The SMILES string of the molecule is CN(c1ccc(N)cc1)c1ccccn1. The van der Waals surface area contributed by atoms with Gasteiger partial charge in [0.25, 0.3) is 0 Å². The van der Waals surface area contributed by atoms with Crippen molar-refractivity contribution >= 4 is 17.2 Å². The maximum atomic E-state index is 5.63. The highest BCUT2D eigenvalue weighted by Gasteiger charge is 2.03. The largest absolute Gasteiger partial charge is 0.399 e. The van der Waals surface area contributed by atoms with Gasteiger partial charge in [0.15, 0.2) is 0 Å². The van der Waals surface area contributed by atoms with Gasteiger partial charge in [0.1, 0.15) is 5.82 Å². The van der Waals surface area contributed by atoms with Gasteiger partial charge in [0.2, 0.25) is 0 Å². The van der Waals surface area contributed by atoms with Crippen molar-refractivity contribution < 1.29 is 0 Å². The fourth-order valence-electron chi connectivity index (χ4n) is 1.38.